The minimum Gasteiger partial charge on any atom is -0.460 e. The molecule has 1 saturated heterocycles. The number of anilines is 1. The summed E-state index contributed by atoms with van der Waals surface area (Å²) in [6.07, 6.45) is 9.01. The summed E-state index contributed by atoms with van der Waals surface area (Å²) in [5.74, 6) is -2.63. The Balaban J connectivity index is 1.32. The van der Waals surface area contributed by atoms with E-state index in [9.17, 15) is 28.7 Å². The minimum atomic E-state index is -1.50. The number of pyridine rings is 1. The monoisotopic (exact) mass is 761 g/mol. The molecule has 5 rings (SSSR count). The lowest BCUT2D eigenvalue weighted by atomic mass is 9.89. The van der Waals surface area contributed by atoms with Gasteiger partial charge in [-0.15, -0.1) is 5.10 Å². The molecule has 3 aromatic heterocycles. The fourth-order valence-corrected chi connectivity index (χ4v) is 6.46. The van der Waals surface area contributed by atoms with Crippen molar-refractivity contribution in [1.29, 1.82) is 0 Å². The minimum absolute atomic E-state index is 0.00867. The summed E-state index contributed by atoms with van der Waals surface area (Å²) < 4.78 is 27.9. The lowest BCUT2D eigenvalue weighted by Crippen LogP contribution is -2.44. The third-order valence-electron chi connectivity index (χ3n) is 9.21. The summed E-state index contributed by atoms with van der Waals surface area (Å²) in [6.45, 7) is 6.37. The number of allylic oxidation sites excluding steroid dienone is 2. The normalized spacial score (nSPS) is 23.8. The Morgan fingerprint density at radius 3 is 2.78 bits per heavy atom. The van der Waals surface area contributed by atoms with Crippen molar-refractivity contribution in [3.8, 4) is 11.3 Å². The average Bonchev–Trinajstić information content (AvgIpc) is 3.92. The van der Waals surface area contributed by atoms with Crippen LogP contribution < -0.4 is 16.4 Å². The van der Waals surface area contributed by atoms with Gasteiger partial charge in [0.15, 0.2) is 11.6 Å². The summed E-state index contributed by atoms with van der Waals surface area (Å²) >= 11 is 0. The molecule has 17 heteroatoms. The summed E-state index contributed by atoms with van der Waals surface area (Å²) in [5.41, 5.74) is 7.59. The van der Waals surface area contributed by atoms with Crippen molar-refractivity contribution in [2.75, 3.05) is 25.4 Å². The highest BCUT2D eigenvalue weighted by Gasteiger charge is 2.39. The Kier molecular flexibility index (Phi) is 14.0. The maximum absolute atomic E-state index is 14.8. The zero-order valence-corrected chi connectivity index (χ0v) is 31.1. The quantitative estimate of drug-likeness (QED) is 0.256. The van der Waals surface area contributed by atoms with Crippen LogP contribution in [-0.4, -0.2) is 103 Å². The number of amides is 3. The van der Waals surface area contributed by atoms with Crippen LogP contribution in [0.25, 0.3) is 11.3 Å². The molecule has 5 heterocycles. The molecule has 0 unspecified atom stereocenters. The van der Waals surface area contributed by atoms with Crippen molar-refractivity contribution in [1.82, 2.24) is 40.5 Å². The average molecular weight is 762 g/mol. The van der Waals surface area contributed by atoms with E-state index in [1.807, 2.05) is 13.8 Å². The van der Waals surface area contributed by atoms with E-state index < -0.39 is 48.1 Å². The van der Waals surface area contributed by atoms with Gasteiger partial charge < -0.3 is 35.5 Å². The van der Waals surface area contributed by atoms with Gasteiger partial charge in [-0.1, -0.05) is 48.9 Å². The number of carbonyl (C=O) groups is 4. The first-order chi connectivity index (χ1) is 26.4. The number of hydrogen-bond acceptors (Lipinski definition) is 12. The van der Waals surface area contributed by atoms with Crippen LogP contribution in [0.4, 0.5) is 10.2 Å². The van der Waals surface area contributed by atoms with E-state index in [2.05, 4.69) is 30.9 Å². The second-order valence-electron chi connectivity index (χ2n) is 14.0. The number of hydrogen-bond donors (Lipinski definition) is 4. The van der Waals surface area contributed by atoms with Gasteiger partial charge in [0.1, 0.15) is 36.1 Å². The van der Waals surface area contributed by atoms with Gasteiger partial charge in [0, 0.05) is 50.2 Å². The lowest BCUT2D eigenvalue weighted by molar-refractivity contribution is -0.159. The van der Waals surface area contributed by atoms with Crippen LogP contribution in [0.5, 0.6) is 0 Å². The van der Waals surface area contributed by atoms with Crippen LogP contribution in [-0.2, 0) is 32.1 Å². The van der Waals surface area contributed by atoms with Crippen molar-refractivity contribution < 1.29 is 37.8 Å². The second-order valence-corrected chi connectivity index (χ2v) is 14.0. The molecule has 2 bridgehead atoms. The van der Waals surface area contributed by atoms with E-state index in [0.29, 0.717) is 36.5 Å². The van der Waals surface area contributed by atoms with Crippen LogP contribution in [0.1, 0.15) is 62.8 Å². The maximum atomic E-state index is 14.8. The van der Waals surface area contributed by atoms with E-state index in [1.165, 1.54) is 17.1 Å². The van der Waals surface area contributed by atoms with Crippen LogP contribution >= 0.6 is 0 Å². The van der Waals surface area contributed by atoms with E-state index in [-0.39, 0.29) is 62.3 Å². The predicted octanol–water partition coefficient (Wildman–Crippen LogP) is 2.73. The number of nitrogens with two attached hydrogens (primary N) is 1. The van der Waals surface area contributed by atoms with Gasteiger partial charge in [0.25, 0.3) is 5.91 Å². The Morgan fingerprint density at radius 2 is 2.02 bits per heavy atom. The second kappa shape index (κ2) is 19.1. The van der Waals surface area contributed by atoms with E-state index in [4.69, 9.17) is 14.9 Å². The Hall–Kier alpha value is -5.71. The molecule has 1 fully saturated rings. The zero-order valence-electron chi connectivity index (χ0n) is 31.1. The number of aromatic nitrogens is 5. The number of aliphatic hydroxyl groups is 1. The standard InChI is InChI=1S/C38H48FN9O7/c1-23(2)36-25(17-34(51)42-13-15-47-21-29(45-46-47)26-8-10-32(40)43-20-26)9-11-33(50)41-12-4-6-24(3)16-28(49)18-27(39)19-35-44-30(22-54-35)37(52)48-14-5-7-31(48)38(53)55-36/h4,6,8-11,16,20-23,25,27-28,31,36,49H,5,7,12-15,17-19H2,1-3H3,(H2,40,43)(H,41,50)(H,42,51)/b6-4?,11-9+,24-16?/t25-,27+,28+,31+,36+/m0/s1. The largest absolute Gasteiger partial charge is 0.460 e. The number of nitrogen functional groups attached to an aromatic ring is 1. The molecule has 0 radical (unpaired) electrons. The molecule has 0 aliphatic carbocycles. The number of halogens is 1. The molecule has 5 atom stereocenters. The van der Waals surface area contributed by atoms with Gasteiger partial charge in [-0.2, -0.15) is 0 Å². The molecule has 0 saturated carbocycles. The number of nitrogens with zero attached hydrogens (tertiary/aromatic N) is 6. The topological polar surface area (TPSA) is 221 Å². The maximum Gasteiger partial charge on any atom is 0.329 e. The number of carbonyl (C=O) groups excluding carboxylic acids is 4. The van der Waals surface area contributed by atoms with Crippen molar-refractivity contribution in [3.05, 3.63) is 78.3 Å². The van der Waals surface area contributed by atoms with Gasteiger partial charge in [0.2, 0.25) is 11.8 Å². The fourth-order valence-electron chi connectivity index (χ4n) is 6.46. The number of cyclic esters (lactones) is 1. The smallest absolute Gasteiger partial charge is 0.329 e. The number of ether oxygens (including phenoxy) is 1. The molecule has 3 amide bonds. The third-order valence-corrected chi connectivity index (χ3v) is 9.21. The van der Waals surface area contributed by atoms with Gasteiger partial charge in [-0.05, 0) is 43.9 Å². The van der Waals surface area contributed by atoms with Crippen LogP contribution in [0.2, 0.25) is 0 Å². The highest BCUT2D eigenvalue weighted by molar-refractivity contribution is 5.95. The Morgan fingerprint density at radius 1 is 1.20 bits per heavy atom. The van der Waals surface area contributed by atoms with E-state index in [0.717, 1.165) is 11.8 Å². The molecule has 294 valence electrons. The number of alkyl halides is 1. The first-order valence-corrected chi connectivity index (χ1v) is 18.3. The summed E-state index contributed by atoms with van der Waals surface area (Å²) in [4.78, 5) is 63.1. The summed E-state index contributed by atoms with van der Waals surface area (Å²) in [7, 11) is 0. The summed E-state index contributed by atoms with van der Waals surface area (Å²) in [6, 6.07) is 2.52. The first-order valence-electron chi connectivity index (χ1n) is 18.3. The highest BCUT2D eigenvalue weighted by Crippen LogP contribution is 2.27. The molecule has 0 aromatic carbocycles. The molecule has 2 aliphatic rings. The van der Waals surface area contributed by atoms with Crippen molar-refractivity contribution in [2.24, 2.45) is 11.8 Å². The van der Waals surface area contributed by atoms with E-state index >= 15 is 0 Å². The molecule has 55 heavy (non-hydrogen) atoms. The molecular formula is C38H48FN9O7. The van der Waals surface area contributed by atoms with Crippen LogP contribution in [0.15, 0.2) is 71.2 Å². The lowest BCUT2D eigenvalue weighted by Gasteiger charge is -2.30. The fraction of sp³-hybridized carbons (Fsp3) is 0.474. The number of nitrogens with one attached hydrogen (secondary N) is 2. The van der Waals surface area contributed by atoms with Crippen molar-refractivity contribution >= 4 is 29.5 Å². The van der Waals surface area contributed by atoms with Gasteiger partial charge in [-0.25, -0.2) is 19.2 Å². The van der Waals surface area contributed by atoms with Crippen LogP contribution in [0, 0.1) is 11.8 Å². The van der Waals surface area contributed by atoms with Crippen molar-refractivity contribution in [3.63, 3.8) is 0 Å². The van der Waals surface area contributed by atoms with Gasteiger partial charge in [-0.3, -0.25) is 19.1 Å². The molecule has 3 aromatic rings. The van der Waals surface area contributed by atoms with Gasteiger partial charge in [0.05, 0.1) is 25.3 Å². The first kappa shape index (κ1) is 40.5. The number of rotatable bonds is 7. The molecule has 2 aliphatic heterocycles. The predicted molar refractivity (Wildman–Crippen MR) is 198 cm³/mol. The highest BCUT2D eigenvalue weighted by atomic mass is 19.1. The SMILES string of the molecule is CC1=C[C@@H](O)C[C@@H](F)Cc2nc(co2)C(=O)N2CCC[C@@H]2C(=O)O[C@H](C(C)C)[C@H](CC(=O)NCCn2cc(-c3ccc(N)nc3)nn2)/C=C/C(=O)NCC=C1. The Bertz CT molecular complexity index is 1890. The molecule has 16 nitrogen and oxygen atoms in total. The number of esters is 1. The number of aliphatic hydroxyl groups excluding tert-OH is 1. The van der Waals surface area contributed by atoms with Crippen molar-refractivity contribution in [2.45, 2.75) is 83.8 Å². The molecule has 5 N–H and O–H groups in total. The van der Waals surface area contributed by atoms with Gasteiger partial charge >= 0.3 is 5.97 Å². The number of fused-ring (bicyclic) bond motifs is 3. The summed E-state index contributed by atoms with van der Waals surface area (Å²) in [5, 5.41) is 24.3. The zero-order chi connectivity index (χ0) is 39.5. The third kappa shape index (κ3) is 11.6. The van der Waals surface area contributed by atoms with E-state index in [1.54, 1.807) is 54.4 Å². The van der Waals surface area contributed by atoms with Crippen LogP contribution in [0.3, 0.4) is 0 Å². The Labute approximate surface area is 318 Å². The number of oxazole rings is 1. The molecular weight excluding hydrogens is 713 g/mol. The molecule has 0 spiro atoms.